The smallest absolute Gasteiger partial charge is 0.302 e. The van der Waals surface area contributed by atoms with Gasteiger partial charge < -0.3 is 9.47 Å². The van der Waals surface area contributed by atoms with E-state index >= 15 is 0 Å². The van der Waals surface area contributed by atoms with Gasteiger partial charge in [0, 0.05) is 24.1 Å². The standard InChI is InChI=1S/C26H23ClN2O5/c1-17-23(25(31)29(26(32)24(17)15-28)12-3-13-33-18(2)30)14-19-6-10-22(11-7-19)34-16-20-4-8-21(27)9-5-20/h4-11,14H,3,12-13,16H2,1-2H3/b23-14+. The number of halogens is 1. The molecule has 0 N–H and O–H groups in total. The second-order valence-corrected chi connectivity index (χ2v) is 8.05. The van der Waals surface area contributed by atoms with E-state index in [1.54, 1.807) is 49.4 Å². The summed E-state index contributed by atoms with van der Waals surface area (Å²) in [6.45, 7) is 3.37. The highest BCUT2D eigenvalue weighted by molar-refractivity contribution is 6.30. The van der Waals surface area contributed by atoms with Gasteiger partial charge in [0.1, 0.15) is 24.0 Å². The zero-order valence-electron chi connectivity index (χ0n) is 18.8. The summed E-state index contributed by atoms with van der Waals surface area (Å²) in [5.41, 5.74) is 2.20. The van der Waals surface area contributed by atoms with Crippen LogP contribution in [0.15, 0.2) is 65.3 Å². The number of rotatable bonds is 8. The maximum absolute atomic E-state index is 13.0. The van der Waals surface area contributed by atoms with Crippen molar-refractivity contribution >= 4 is 35.5 Å². The average molecular weight is 479 g/mol. The number of carbonyl (C=O) groups is 3. The fraction of sp³-hybridized carbons (Fsp3) is 0.231. The highest BCUT2D eigenvalue weighted by Crippen LogP contribution is 2.27. The van der Waals surface area contributed by atoms with Gasteiger partial charge in [0.05, 0.1) is 6.61 Å². The summed E-state index contributed by atoms with van der Waals surface area (Å²) in [5.74, 6) is -0.923. The first-order valence-electron chi connectivity index (χ1n) is 10.6. The molecule has 0 fully saturated rings. The fourth-order valence-electron chi connectivity index (χ4n) is 3.35. The van der Waals surface area contributed by atoms with E-state index in [1.165, 1.54) is 6.92 Å². The molecule has 0 radical (unpaired) electrons. The van der Waals surface area contributed by atoms with Crippen molar-refractivity contribution in [3.8, 4) is 11.8 Å². The van der Waals surface area contributed by atoms with Crippen molar-refractivity contribution in [1.29, 1.82) is 5.26 Å². The summed E-state index contributed by atoms with van der Waals surface area (Å²) in [7, 11) is 0. The molecule has 34 heavy (non-hydrogen) atoms. The van der Waals surface area contributed by atoms with Crippen molar-refractivity contribution in [2.45, 2.75) is 26.9 Å². The molecule has 3 rings (SSSR count). The predicted octanol–water partition coefficient (Wildman–Crippen LogP) is 4.46. The van der Waals surface area contributed by atoms with Crippen LogP contribution >= 0.6 is 11.6 Å². The molecule has 0 bridgehead atoms. The van der Waals surface area contributed by atoms with Gasteiger partial charge in [-0.3, -0.25) is 19.3 Å². The van der Waals surface area contributed by atoms with Crippen molar-refractivity contribution in [2.24, 2.45) is 0 Å². The minimum atomic E-state index is -0.643. The summed E-state index contributed by atoms with van der Waals surface area (Å²) in [6.07, 6.45) is 1.92. The van der Waals surface area contributed by atoms with Crippen LogP contribution in [0.1, 0.15) is 31.4 Å². The molecule has 1 heterocycles. The zero-order valence-corrected chi connectivity index (χ0v) is 19.6. The Hall–Kier alpha value is -3.89. The molecule has 1 aliphatic rings. The molecule has 1 aliphatic heterocycles. The number of imide groups is 1. The van der Waals surface area contributed by atoms with Crippen molar-refractivity contribution in [3.63, 3.8) is 0 Å². The van der Waals surface area contributed by atoms with Crippen LogP contribution in [0.2, 0.25) is 5.02 Å². The van der Waals surface area contributed by atoms with E-state index < -0.39 is 17.8 Å². The highest BCUT2D eigenvalue weighted by Gasteiger charge is 2.35. The first kappa shape index (κ1) is 24.7. The van der Waals surface area contributed by atoms with Crippen molar-refractivity contribution in [3.05, 3.63) is 81.4 Å². The van der Waals surface area contributed by atoms with Gasteiger partial charge in [-0.05, 0) is 60.4 Å². The first-order valence-corrected chi connectivity index (χ1v) is 11.0. The summed E-state index contributed by atoms with van der Waals surface area (Å²) in [5, 5.41) is 10.1. The summed E-state index contributed by atoms with van der Waals surface area (Å²) in [4.78, 5) is 37.6. The van der Waals surface area contributed by atoms with Gasteiger partial charge >= 0.3 is 5.97 Å². The Morgan fingerprint density at radius 3 is 2.38 bits per heavy atom. The molecule has 0 spiro atoms. The van der Waals surface area contributed by atoms with Gasteiger partial charge in [-0.25, -0.2) is 0 Å². The van der Waals surface area contributed by atoms with Crippen molar-refractivity contribution in [2.75, 3.05) is 13.2 Å². The lowest BCUT2D eigenvalue weighted by molar-refractivity contribution is -0.141. The zero-order chi connectivity index (χ0) is 24.7. The van der Waals surface area contributed by atoms with Gasteiger partial charge in [0.2, 0.25) is 0 Å². The van der Waals surface area contributed by atoms with Crippen LogP contribution in [0.4, 0.5) is 0 Å². The SMILES string of the molecule is CC(=O)OCCCN1C(=O)C(C#N)=C(C)/C(=C\c2ccc(OCc3ccc(Cl)cc3)cc2)C1=O. The van der Waals surface area contributed by atoms with Gasteiger partial charge in [0.15, 0.2) is 0 Å². The minimum Gasteiger partial charge on any atom is -0.489 e. The van der Waals surface area contributed by atoms with E-state index in [0.29, 0.717) is 28.5 Å². The molecule has 0 atom stereocenters. The Bertz CT molecular complexity index is 1190. The molecule has 0 aliphatic carbocycles. The van der Waals surface area contributed by atoms with E-state index in [4.69, 9.17) is 21.1 Å². The molecule has 174 valence electrons. The van der Waals surface area contributed by atoms with Crippen LogP contribution in [0.5, 0.6) is 5.75 Å². The molecule has 0 unspecified atom stereocenters. The minimum absolute atomic E-state index is 0.0399. The largest absolute Gasteiger partial charge is 0.489 e. The number of ether oxygens (including phenoxy) is 2. The van der Waals surface area contributed by atoms with Crippen LogP contribution in [0.25, 0.3) is 6.08 Å². The quantitative estimate of drug-likeness (QED) is 0.240. The van der Waals surface area contributed by atoms with Crippen LogP contribution in [0.3, 0.4) is 0 Å². The third-order valence-corrected chi connectivity index (χ3v) is 5.42. The van der Waals surface area contributed by atoms with Gasteiger partial charge in [-0.2, -0.15) is 5.26 Å². The maximum atomic E-state index is 13.0. The van der Waals surface area contributed by atoms with Gasteiger partial charge in [-0.15, -0.1) is 0 Å². The molecular weight excluding hydrogens is 456 g/mol. The summed E-state index contributed by atoms with van der Waals surface area (Å²) in [6, 6.07) is 16.4. The molecule has 2 aromatic rings. The molecule has 0 saturated heterocycles. The van der Waals surface area contributed by atoms with Crippen molar-refractivity contribution < 1.29 is 23.9 Å². The lowest BCUT2D eigenvalue weighted by atomic mass is 9.93. The lowest BCUT2D eigenvalue weighted by Crippen LogP contribution is -2.43. The third kappa shape index (κ3) is 6.12. The maximum Gasteiger partial charge on any atom is 0.302 e. The second kappa shape index (κ2) is 11.3. The first-order chi connectivity index (χ1) is 16.3. The lowest BCUT2D eigenvalue weighted by Gasteiger charge is -2.27. The number of benzene rings is 2. The van der Waals surface area contributed by atoms with E-state index in [0.717, 1.165) is 10.5 Å². The van der Waals surface area contributed by atoms with Gasteiger partial charge in [0.25, 0.3) is 11.8 Å². The molecular formula is C26H23ClN2O5. The topological polar surface area (TPSA) is 96.7 Å². The number of carbonyl (C=O) groups excluding carboxylic acids is 3. The summed E-state index contributed by atoms with van der Waals surface area (Å²) >= 11 is 5.89. The number of nitrogens with zero attached hydrogens (tertiary/aromatic N) is 2. The van der Waals surface area contributed by atoms with Crippen molar-refractivity contribution in [1.82, 2.24) is 4.90 Å². The summed E-state index contributed by atoms with van der Waals surface area (Å²) < 4.78 is 10.7. The Balaban J connectivity index is 1.75. The van der Waals surface area contributed by atoms with Gasteiger partial charge in [-0.1, -0.05) is 35.9 Å². The molecule has 2 aromatic carbocycles. The van der Waals surface area contributed by atoms with E-state index in [-0.39, 0.29) is 30.7 Å². The molecule has 0 aromatic heterocycles. The normalized spacial score (nSPS) is 14.9. The van der Waals surface area contributed by atoms with E-state index in [2.05, 4.69) is 0 Å². The average Bonchev–Trinajstić information content (AvgIpc) is 2.82. The number of hydrogen-bond acceptors (Lipinski definition) is 6. The van der Waals surface area contributed by atoms with E-state index in [9.17, 15) is 19.6 Å². The third-order valence-electron chi connectivity index (χ3n) is 5.17. The number of amides is 2. The molecule has 8 heteroatoms. The monoisotopic (exact) mass is 478 g/mol. The predicted molar refractivity (Wildman–Crippen MR) is 126 cm³/mol. The van der Waals surface area contributed by atoms with E-state index in [1.807, 2.05) is 18.2 Å². The van der Waals surface area contributed by atoms with Crippen LogP contribution < -0.4 is 4.74 Å². The number of nitriles is 1. The Morgan fingerprint density at radius 2 is 1.76 bits per heavy atom. The second-order valence-electron chi connectivity index (χ2n) is 7.61. The number of esters is 1. The Labute approximate surface area is 202 Å². The Morgan fingerprint density at radius 1 is 1.09 bits per heavy atom. The molecule has 2 amide bonds. The fourth-order valence-corrected chi connectivity index (χ4v) is 3.47. The van der Waals surface area contributed by atoms with Crippen LogP contribution in [-0.2, 0) is 25.7 Å². The Kier molecular flexibility index (Phi) is 8.23. The number of hydrogen-bond donors (Lipinski definition) is 0. The van der Waals surface area contributed by atoms with Crippen LogP contribution in [-0.4, -0.2) is 35.8 Å². The van der Waals surface area contributed by atoms with Crippen LogP contribution in [0, 0.1) is 11.3 Å². The highest BCUT2D eigenvalue weighted by atomic mass is 35.5. The molecule has 7 nitrogen and oxygen atoms in total. The molecule has 0 saturated carbocycles.